The fourth-order valence-electron chi connectivity index (χ4n) is 1.90. The molecular formula is C17H16O5. The van der Waals surface area contributed by atoms with Crippen LogP contribution in [0.3, 0.4) is 0 Å². The smallest absolute Gasteiger partial charge is 0.338 e. The third-order valence-electron chi connectivity index (χ3n) is 3.11. The van der Waals surface area contributed by atoms with E-state index in [9.17, 15) is 14.7 Å². The van der Waals surface area contributed by atoms with E-state index in [0.29, 0.717) is 11.3 Å². The Labute approximate surface area is 128 Å². The Morgan fingerprint density at radius 2 is 1.73 bits per heavy atom. The third kappa shape index (κ3) is 3.63. The van der Waals surface area contributed by atoms with Gasteiger partial charge in [-0.25, -0.2) is 4.79 Å². The first-order valence-corrected chi connectivity index (χ1v) is 6.69. The SMILES string of the molecule is COc1ccc(C(=O)[C@@H](C)OC(=O)c2cccc(O)c2)cc1. The lowest BCUT2D eigenvalue weighted by atomic mass is 10.1. The molecule has 22 heavy (non-hydrogen) atoms. The van der Waals surface area contributed by atoms with Gasteiger partial charge < -0.3 is 14.6 Å². The number of esters is 1. The summed E-state index contributed by atoms with van der Waals surface area (Å²) in [5, 5.41) is 9.35. The highest BCUT2D eigenvalue weighted by atomic mass is 16.5. The lowest BCUT2D eigenvalue weighted by Gasteiger charge is -2.12. The van der Waals surface area contributed by atoms with Crippen LogP contribution in [0.5, 0.6) is 11.5 Å². The summed E-state index contributed by atoms with van der Waals surface area (Å²) in [4.78, 5) is 24.1. The van der Waals surface area contributed by atoms with Crippen molar-refractivity contribution < 1.29 is 24.2 Å². The third-order valence-corrected chi connectivity index (χ3v) is 3.11. The van der Waals surface area contributed by atoms with E-state index in [1.807, 2.05) is 0 Å². The number of hydrogen-bond acceptors (Lipinski definition) is 5. The molecule has 2 aromatic carbocycles. The lowest BCUT2D eigenvalue weighted by molar-refractivity contribution is 0.0318. The highest BCUT2D eigenvalue weighted by Gasteiger charge is 2.20. The number of carbonyl (C=O) groups excluding carboxylic acids is 2. The predicted octanol–water partition coefficient (Wildman–Crippen LogP) is 2.83. The molecule has 0 saturated heterocycles. The molecule has 5 nitrogen and oxygen atoms in total. The molecule has 0 aliphatic heterocycles. The van der Waals surface area contributed by atoms with Crippen LogP contribution in [-0.2, 0) is 4.74 Å². The molecule has 114 valence electrons. The minimum Gasteiger partial charge on any atom is -0.508 e. The first-order chi connectivity index (χ1) is 10.5. The highest BCUT2D eigenvalue weighted by molar-refractivity contribution is 6.01. The molecule has 0 fully saturated rings. The van der Waals surface area contributed by atoms with Gasteiger partial charge in [0.05, 0.1) is 12.7 Å². The van der Waals surface area contributed by atoms with Gasteiger partial charge in [0.25, 0.3) is 0 Å². The second-order valence-electron chi connectivity index (χ2n) is 4.69. The number of benzene rings is 2. The standard InChI is InChI=1S/C17H16O5/c1-11(16(19)12-6-8-15(21-2)9-7-12)22-17(20)13-4-3-5-14(18)10-13/h3-11,18H,1-2H3/t11-/m1/s1. The van der Waals surface area contributed by atoms with E-state index in [1.165, 1.54) is 38.3 Å². The van der Waals surface area contributed by atoms with Gasteiger partial charge in [0.1, 0.15) is 11.5 Å². The molecule has 0 radical (unpaired) electrons. The first kappa shape index (κ1) is 15.6. The molecule has 0 bridgehead atoms. The Morgan fingerprint density at radius 1 is 1.05 bits per heavy atom. The number of rotatable bonds is 5. The number of ether oxygens (including phenoxy) is 2. The predicted molar refractivity (Wildman–Crippen MR) is 80.3 cm³/mol. The minimum atomic E-state index is -0.928. The first-order valence-electron chi connectivity index (χ1n) is 6.69. The Bertz CT molecular complexity index is 676. The van der Waals surface area contributed by atoms with Gasteiger partial charge in [-0.05, 0) is 49.4 Å². The van der Waals surface area contributed by atoms with E-state index in [-0.39, 0.29) is 17.1 Å². The average Bonchev–Trinajstić information content (AvgIpc) is 2.54. The van der Waals surface area contributed by atoms with Crippen molar-refractivity contribution in [2.75, 3.05) is 7.11 Å². The highest BCUT2D eigenvalue weighted by Crippen LogP contribution is 2.16. The quantitative estimate of drug-likeness (QED) is 0.679. The Hall–Kier alpha value is -2.82. The summed E-state index contributed by atoms with van der Waals surface area (Å²) < 4.78 is 10.2. The van der Waals surface area contributed by atoms with Crippen molar-refractivity contribution in [2.24, 2.45) is 0 Å². The number of phenols is 1. The van der Waals surface area contributed by atoms with Gasteiger partial charge in [0.15, 0.2) is 6.10 Å². The fraction of sp³-hybridized carbons (Fsp3) is 0.176. The van der Waals surface area contributed by atoms with Crippen LogP contribution < -0.4 is 4.74 Å². The molecule has 0 aliphatic rings. The van der Waals surface area contributed by atoms with Gasteiger partial charge in [0.2, 0.25) is 5.78 Å². The number of phenolic OH excluding ortho intramolecular Hbond substituents is 1. The monoisotopic (exact) mass is 300 g/mol. The van der Waals surface area contributed by atoms with Crippen molar-refractivity contribution in [1.82, 2.24) is 0 Å². The zero-order chi connectivity index (χ0) is 16.1. The van der Waals surface area contributed by atoms with Crippen molar-refractivity contribution in [3.8, 4) is 11.5 Å². The number of hydrogen-bond donors (Lipinski definition) is 1. The maximum Gasteiger partial charge on any atom is 0.338 e. The van der Waals surface area contributed by atoms with E-state index in [1.54, 1.807) is 24.3 Å². The van der Waals surface area contributed by atoms with Gasteiger partial charge in [-0.2, -0.15) is 0 Å². The van der Waals surface area contributed by atoms with Crippen LogP contribution in [-0.4, -0.2) is 30.1 Å². The van der Waals surface area contributed by atoms with Gasteiger partial charge in [-0.1, -0.05) is 6.07 Å². The molecule has 0 saturated carbocycles. The number of methoxy groups -OCH3 is 1. The van der Waals surface area contributed by atoms with E-state index in [2.05, 4.69) is 0 Å². The van der Waals surface area contributed by atoms with Gasteiger partial charge in [-0.15, -0.1) is 0 Å². The number of Topliss-reactive ketones (excluding diaryl/α,β-unsaturated/α-hetero) is 1. The zero-order valence-electron chi connectivity index (χ0n) is 12.3. The van der Waals surface area contributed by atoms with Gasteiger partial charge >= 0.3 is 5.97 Å². The molecule has 0 aliphatic carbocycles. The summed E-state index contributed by atoms with van der Waals surface area (Å²) in [6.07, 6.45) is -0.928. The minimum absolute atomic E-state index is 0.0383. The van der Waals surface area contributed by atoms with Crippen LogP contribution in [0.1, 0.15) is 27.6 Å². The Kier molecular flexibility index (Phi) is 4.78. The number of carbonyl (C=O) groups is 2. The molecule has 0 aromatic heterocycles. The second-order valence-corrected chi connectivity index (χ2v) is 4.69. The van der Waals surface area contributed by atoms with Crippen LogP contribution in [0.4, 0.5) is 0 Å². The van der Waals surface area contributed by atoms with E-state index in [0.717, 1.165) is 0 Å². The summed E-state index contributed by atoms with van der Waals surface area (Å²) in [5.74, 6) is -0.369. The maximum absolute atomic E-state index is 12.2. The van der Waals surface area contributed by atoms with Crippen LogP contribution in [0.25, 0.3) is 0 Å². The lowest BCUT2D eigenvalue weighted by Crippen LogP contribution is -2.24. The maximum atomic E-state index is 12.2. The Morgan fingerprint density at radius 3 is 2.32 bits per heavy atom. The topological polar surface area (TPSA) is 72.8 Å². The summed E-state index contributed by atoms with van der Waals surface area (Å²) in [5.41, 5.74) is 0.617. The molecule has 0 amide bonds. The molecule has 0 unspecified atom stereocenters. The van der Waals surface area contributed by atoms with Crippen LogP contribution >= 0.6 is 0 Å². The summed E-state index contributed by atoms with van der Waals surface area (Å²) >= 11 is 0. The van der Waals surface area contributed by atoms with Gasteiger partial charge in [0, 0.05) is 5.56 Å². The normalized spacial score (nSPS) is 11.5. The summed E-state index contributed by atoms with van der Waals surface area (Å²) in [7, 11) is 1.54. The number of ketones is 1. The molecule has 2 rings (SSSR count). The van der Waals surface area contributed by atoms with E-state index in [4.69, 9.17) is 9.47 Å². The molecule has 0 heterocycles. The van der Waals surface area contributed by atoms with Crippen molar-refractivity contribution in [1.29, 1.82) is 0 Å². The fourth-order valence-corrected chi connectivity index (χ4v) is 1.90. The van der Waals surface area contributed by atoms with Crippen LogP contribution in [0.15, 0.2) is 48.5 Å². The molecule has 1 atom stereocenters. The van der Waals surface area contributed by atoms with E-state index >= 15 is 0 Å². The molecule has 2 aromatic rings. The second kappa shape index (κ2) is 6.76. The zero-order valence-corrected chi connectivity index (χ0v) is 12.3. The van der Waals surface area contributed by atoms with Gasteiger partial charge in [-0.3, -0.25) is 4.79 Å². The largest absolute Gasteiger partial charge is 0.508 e. The van der Waals surface area contributed by atoms with Crippen LogP contribution in [0, 0.1) is 0 Å². The van der Waals surface area contributed by atoms with Crippen LogP contribution in [0.2, 0.25) is 0 Å². The summed E-state index contributed by atoms with van der Waals surface area (Å²) in [6, 6.07) is 12.3. The molecule has 0 spiro atoms. The van der Waals surface area contributed by atoms with Crippen molar-refractivity contribution >= 4 is 11.8 Å². The van der Waals surface area contributed by atoms with E-state index < -0.39 is 12.1 Å². The molecular weight excluding hydrogens is 284 g/mol. The van der Waals surface area contributed by atoms with Crippen molar-refractivity contribution in [3.63, 3.8) is 0 Å². The van der Waals surface area contributed by atoms with Crippen molar-refractivity contribution in [3.05, 3.63) is 59.7 Å². The number of aromatic hydroxyl groups is 1. The van der Waals surface area contributed by atoms with Crippen molar-refractivity contribution in [2.45, 2.75) is 13.0 Å². The Balaban J connectivity index is 2.05. The molecule has 1 N–H and O–H groups in total. The average molecular weight is 300 g/mol. The molecule has 5 heteroatoms. The summed E-state index contributed by atoms with van der Waals surface area (Å²) in [6.45, 7) is 1.51.